The number of hydrogen-bond acceptors (Lipinski definition) is 8. The lowest BCUT2D eigenvalue weighted by atomic mass is 9.93. The molecule has 35 heavy (non-hydrogen) atoms. The number of carbonyl (C=O) groups excluding carboxylic acids is 2. The van der Waals surface area contributed by atoms with Crippen LogP contribution in [0.25, 0.3) is 16.7 Å². The number of rotatable bonds is 5. The number of fused-ring (bicyclic) bond motifs is 2. The molecule has 4 aromatic rings. The molecule has 2 amide bonds. The van der Waals surface area contributed by atoms with E-state index in [4.69, 9.17) is 9.15 Å². The van der Waals surface area contributed by atoms with E-state index in [1.807, 2.05) is 18.2 Å². The summed E-state index contributed by atoms with van der Waals surface area (Å²) in [6, 6.07) is 7.31. The average Bonchev–Trinajstić information content (AvgIpc) is 3.41. The minimum atomic E-state index is -0.681. The standard InChI is InChI=1S/C24H27N7O4/c1-24(2,3)35-23(33)30(4)19-11-18(28-16-9-6-10-17-20(16)25-13-34-17)29-21-15(12-26-31(19)21)22(32)27-14-7-5-8-14/h6,9-14H,5,7-8H2,1-4H3,(H,27,32)(H,28,29). The first-order valence-electron chi connectivity index (χ1n) is 11.5. The van der Waals surface area contributed by atoms with Gasteiger partial charge >= 0.3 is 6.09 Å². The Morgan fingerprint density at radius 1 is 1.26 bits per heavy atom. The van der Waals surface area contributed by atoms with Crippen LogP contribution in [-0.4, -0.2) is 50.3 Å². The van der Waals surface area contributed by atoms with Crippen molar-refractivity contribution in [2.75, 3.05) is 17.3 Å². The van der Waals surface area contributed by atoms with Gasteiger partial charge in [-0.15, -0.1) is 0 Å². The maximum atomic E-state index is 13.0. The van der Waals surface area contributed by atoms with Gasteiger partial charge in [-0.1, -0.05) is 6.07 Å². The van der Waals surface area contributed by atoms with Gasteiger partial charge in [0.15, 0.2) is 17.6 Å². The molecule has 1 fully saturated rings. The summed E-state index contributed by atoms with van der Waals surface area (Å²) in [6.07, 6.45) is 5.29. The van der Waals surface area contributed by atoms with Gasteiger partial charge in [-0.05, 0) is 52.2 Å². The fourth-order valence-corrected chi connectivity index (χ4v) is 3.78. The molecule has 0 aliphatic heterocycles. The van der Waals surface area contributed by atoms with Crippen LogP contribution in [0.2, 0.25) is 0 Å². The molecule has 3 heterocycles. The zero-order chi connectivity index (χ0) is 24.7. The summed E-state index contributed by atoms with van der Waals surface area (Å²) < 4.78 is 12.4. The molecule has 11 nitrogen and oxygen atoms in total. The monoisotopic (exact) mass is 477 g/mol. The van der Waals surface area contributed by atoms with Crippen molar-refractivity contribution in [2.24, 2.45) is 0 Å². The third-order valence-corrected chi connectivity index (χ3v) is 5.77. The molecule has 3 aromatic heterocycles. The highest BCUT2D eigenvalue weighted by atomic mass is 16.6. The normalized spacial score (nSPS) is 14.1. The van der Waals surface area contributed by atoms with Crippen molar-refractivity contribution in [3.63, 3.8) is 0 Å². The number of aromatic nitrogens is 4. The Balaban J connectivity index is 1.58. The van der Waals surface area contributed by atoms with Gasteiger partial charge in [0, 0.05) is 19.2 Å². The largest absolute Gasteiger partial charge is 0.443 e. The first kappa shape index (κ1) is 22.6. The van der Waals surface area contributed by atoms with Gasteiger partial charge in [-0.25, -0.2) is 14.8 Å². The van der Waals surface area contributed by atoms with E-state index in [1.54, 1.807) is 33.9 Å². The predicted octanol–water partition coefficient (Wildman–Crippen LogP) is 4.27. The van der Waals surface area contributed by atoms with Crippen LogP contribution in [0.5, 0.6) is 0 Å². The molecule has 1 saturated carbocycles. The van der Waals surface area contributed by atoms with Crippen LogP contribution in [-0.2, 0) is 4.74 Å². The van der Waals surface area contributed by atoms with E-state index in [0.29, 0.717) is 39.6 Å². The Morgan fingerprint density at radius 3 is 2.77 bits per heavy atom. The van der Waals surface area contributed by atoms with E-state index in [-0.39, 0.29) is 11.9 Å². The van der Waals surface area contributed by atoms with Crippen molar-refractivity contribution in [3.05, 3.63) is 42.4 Å². The van der Waals surface area contributed by atoms with Gasteiger partial charge < -0.3 is 19.8 Å². The maximum absolute atomic E-state index is 13.0. The van der Waals surface area contributed by atoms with Crippen molar-refractivity contribution in [2.45, 2.75) is 51.7 Å². The van der Waals surface area contributed by atoms with Crippen LogP contribution in [0.15, 0.2) is 41.3 Å². The van der Waals surface area contributed by atoms with Crippen LogP contribution < -0.4 is 15.5 Å². The number of amides is 2. The topological polar surface area (TPSA) is 127 Å². The van der Waals surface area contributed by atoms with Crippen LogP contribution in [0, 0.1) is 0 Å². The Bertz CT molecular complexity index is 1410. The summed E-state index contributed by atoms with van der Waals surface area (Å²) in [5, 5.41) is 10.6. The number of nitrogens with one attached hydrogen (secondary N) is 2. The molecule has 11 heteroatoms. The van der Waals surface area contributed by atoms with E-state index in [0.717, 1.165) is 19.3 Å². The van der Waals surface area contributed by atoms with Crippen molar-refractivity contribution in [1.82, 2.24) is 24.9 Å². The number of benzene rings is 1. The van der Waals surface area contributed by atoms with Crippen LogP contribution in [0.4, 0.5) is 22.1 Å². The van der Waals surface area contributed by atoms with E-state index >= 15 is 0 Å². The molecule has 0 saturated heterocycles. The number of hydrogen-bond donors (Lipinski definition) is 2. The molecular weight excluding hydrogens is 450 g/mol. The molecule has 0 atom stereocenters. The Hall–Kier alpha value is -4.15. The van der Waals surface area contributed by atoms with Gasteiger partial charge in [-0.2, -0.15) is 9.61 Å². The zero-order valence-corrected chi connectivity index (χ0v) is 20.0. The minimum Gasteiger partial charge on any atom is -0.443 e. The average molecular weight is 478 g/mol. The maximum Gasteiger partial charge on any atom is 0.415 e. The summed E-state index contributed by atoms with van der Waals surface area (Å²) in [6.45, 7) is 5.38. The first-order chi connectivity index (χ1) is 16.7. The van der Waals surface area contributed by atoms with Gasteiger partial charge in [0.1, 0.15) is 28.3 Å². The van der Waals surface area contributed by atoms with E-state index in [1.165, 1.54) is 22.0 Å². The van der Waals surface area contributed by atoms with Crippen LogP contribution in [0.3, 0.4) is 0 Å². The highest BCUT2D eigenvalue weighted by Gasteiger charge is 2.27. The third-order valence-electron chi connectivity index (χ3n) is 5.77. The number of oxazole rings is 1. The second kappa shape index (κ2) is 8.57. The zero-order valence-electron chi connectivity index (χ0n) is 20.0. The smallest absolute Gasteiger partial charge is 0.415 e. The van der Waals surface area contributed by atoms with Crippen molar-refractivity contribution in [1.29, 1.82) is 0 Å². The summed E-state index contributed by atoms with van der Waals surface area (Å²) in [5.74, 6) is 0.525. The lowest BCUT2D eigenvalue weighted by Gasteiger charge is -2.26. The van der Waals surface area contributed by atoms with Crippen molar-refractivity contribution >= 4 is 46.1 Å². The Morgan fingerprint density at radius 2 is 2.06 bits per heavy atom. The number of ether oxygens (including phenoxy) is 1. The number of nitrogens with zero attached hydrogens (tertiary/aromatic N) is 5. The molecule has 0 spiro atoms. The third kappa shape index (κ3) is 4.48. The van der Waals surface area contributed by atoms with E-state index in [9.17, 15) is 9.59 Å². The SMILES string of the molecule is CN(C(=O)OC(C)(C)C)c1cc(Nc2cccc3ocnc23)nc2c(C(=O)NC3CCC3)cnn12. The second-order valence-corrected chi connectivity index (χ2v) is 9.56. The quantitative estimate of drug-likeness (QED) is 0.436. The minimum absolute atomic E-state index is 0.160. The number of carbonyl (C=O) groups is 2. The van der Waals surface area contributed by atoms with Crippen LogP contribution >= 0.6 is 0 Å². The van der Waals surface area contributed by atoms with Gasteiger partial charge in [0.05, 0.1) is 11.9 Å². The van der Waals surface area contributed by atoms with Gasteiger partial charge in [-0.3, -0.25) is 9.69 Å². The molecule has 0 unspecified atom stereocenters. The fraction of sp³-hybridized carbons (Fsp3) is 0.375. The Labute approximate surface area is 201 Å². The molecule has 1 aromatic carbocycles. The number of anilines is 3. The summed E-state index contributed by atoms with van der Waals surface area (Å²) >= 11 is 0. The lowest BCUT2D eigenvalue weighted by molar-refractivity contribution is 0.0587. The Kier molecular flexibility index (Phi) is 5.54. The summed E-state index contributed by atoms with van der Waals surface area (Å²) in [5.41, 5.74) is 1.86. The summed E-state index contributed by atoms with van der Waals surface area (Å²) in [4.78, 5) is 36.1. The van der Waals surface area contributed by atoms with Gasteiger partial charge in [0.25, 0.3) is 5.91 Å². The van der Waals surface area contributed by atoms with E-state index in [2.05, 4.69) is 25.7 Å². The molecule has 182 valence electrons. The molecule has 1 aliphatic carbocycles. The fourth-order valence-electron chi connectivity index (χ4n) is 3.78. The van der Waals surface area contributed by atoms with Crippen molar-refractivity contribution < 1.29 is 18.7 Å². The van der Waals surface area contributed by atoms with Crippen LogP contribution in [0.1, 0.15) is 50.4 Å². The first-order valence-corrected chi connectivity index (χ1v) is 11.5. The second-order valence-electron chi connectivity index (χ2n) is 9.56. The molecule has 0 radical (unpaired) electrons. The molecule has 2 N–H and O–H groups in total. The molecule has 0 bridgehead atoms. The van der Waals surface area contributed by atoms with E-state index < -0.39 is 11.7 Å². The highest BCUT2D eigenvalue weighted by Crippen LogP contribution is 2.29. The molecular formula is C24H27N7O4. The lowest BCUT2D eigenvalue weighted by Crippen LogP contribution is -2.39. The molecule has 5 rings (SSSR count). The summed E-state index contributed by atoms with van der Waals surface area (Å²) in [7, 11) is 1.58. The highest BCUT2D eigenvalue weighted by molar-refractivity contribution is 6.01. The predicted molar refractivity (Wildman–Crippen MR) is 130 cm³/mol. The number of para-hydroxylation sites is 1. The van der Waals surface area contributed by atoms with Crippen molar-refractivity contribution in [3.8, 4) is 0 Å². The van der Waals surface area contributed by atoms with Gasteiger partial charge in [0.2, 0.25) is 0 Å². The molecule has 1 aliphatic rings.